The maximum atomic E-state index is 12.1. The molecule has 0 fully saturated rings. The highest BCUT2D eigenvalue weighted by molar-refractivity contribution is 7.18. The summed E-state index contributed by atoms with van der Waals surface area (Å²) in [6.07, 6.45) is 0.923. The van der Waals surface area contributed by atoms with Crippen molar-refractivity contribution in [3.63, 3.8) is 0 Å². The lowest BCUT2D eigenvalue weighted by Gasteiger charge is -2.13. The number of carbonyl (C=O) groups is 1. The van der Waals surface area contributed by atoms with Crippen LogP contribution >= 0.6 is 11.3 Å². The summed E-state index contributed by atoms with van der Waals surface area (Å²) >= 11 is 1.38. The van der Waals surface area contributed by atoms with Gasteiger partial charge in [-0.25, -0.2) is 0 Å². The largest absolute Gasteiger partial charge is 0.347 e. The minimum Gasteiger partial charge on any atom is -0.347 e. The molecule has 21 heavy (non-hydrogen) atoms. The van der Waals surface area contributed by atoms with E-state index in [-0.39, 0.29) is 17.9 Å². The van der Waals surface area contributed by atoms with Crippen molar-refractivity contribution in [3.8, 4) is 10.6 Å². The van der Waals surface area contributed by atoms with E-state index < -0.39 is 0 Å². The third-order valence-electron chi connectivity index (χ3n) is 3.59. The Hall–Kier alpha value is -1.79. The van der Waals surface area contributed by atoms with Crippen LogP contribution in [0.3, 0.4) is 0 Å². The third-order valence-corrected chi connectivity index (χ3v) is 4.48. The molecule has 2 atom stereocenters. The van der Waals surface area contributed by atoms with Gasteiger partial charge in [0.25, 0.3) is 5.91 Å². The molecule has 1 aromatic carbocycles. The number of nitrogens with zero attached hydrogens (tertiary/aromatic N) is 2. The number of rotatable bonds is 5. The molecule has 0 aliphatic rings. The predicted octanol–water partition coefficient (Wildman–Crippen LogP) is 2.11. The Labute approximate surface area is 128 Å². The second-order valence-electron chi connectivity index (χ2n) is 5.26. The smallest absolute Gasteiger partial charge is 0.284 e. The second-order valence-corrected chi connectivity index (χ2v) is 6.24. The molecule has 0 saturated carbocycles. The van der Waals surface area contributed by atoms with Gasteiger partial charge in [0.05, 0.1) is 0 Å². The monoisotopic (exact) mass is 305 g/mol. The second kappa shape index (κ2) is 6.78. The van der Waals surface area contributed by atoms with Crippen LogP contribution < -0.4 is 11.1 Å². The third kappa shape index (κ3) is 3.86. The zero-order valence-electron chi connectivity index (χ0n) is 12.6. The molecule has 1 heterocycles. The maximum absolute atomic E-state index is 12.1. The number of aryl methyl sites for hydroxylation is 1. The number of hydrogen-bond donors (Lipinski definition) is 2. The van der Waals surface area contributed by atoms with E-state index in [0.717, 1.165) is 17.0 Å². The molecule has 4 N–H and O–H groups in total. The molecular weight excluding hydrogens is 284 g/mol. The lowest BCUT2D eigenvalue weighted by molar-refractivity contribution is -0.414. The number of carbonyl (C=O) groups excluding carboxylic acids is 1. The van der Waals surface area contributed by atoms with Gasteiger partial charge in [-0.15, -0.1) is 10.2 Å². The number of benzene rings is 1. The van der Waals surface area contributed by atoms with Gasteiger partial charge >= 0.3 is 0 Å². The summed E-state index contributed by atoms with van der Waals surface area (Å²) in [6.45, 7) is 6.11. The maximum Gasteiger partial charge on any atom is 0.284 e. The van der Waals surface area contributed by atoms with Crippen LogP contribution in [-0.2, 0) is 4.79 Å². The van der Waals surface area contributed by atoms with Gasteiger partial charge in [-0.05, 0) is 19.4 Å². The van der Waals surface area contributed by atoms with E-state index in [1.54, 1.807) is 0 Å². The highest BCUT2D eigenvalue weighted by Crippen LogP contribution is 2.26. The van der Waals surface area contributed by atoms with Gasteiger partial charge in [0.1, 0.15) is 5.01 Å². The average molecular weight is 305 g/mol. The Bertz CT molecular complexity index is 626. The Kier molecular flexibility index (Phi) is 5.03. The van der Waals surface area contributed by atoms with Crippen LogP contribution in [0.15, 0.2) is 24.3 Å². The molecule has 2 rings (SSSR count). The zero-order chi connectivity index (χ0) is 15.4. The highest BCUT2D eigenvalue weighted by Gasteiger charge is 2.24. The summed E-state index contributed by atoms with van der Waals surface area (Å²) in [7, 11) is 0. The van der Waals surface area contributed by atoms with E-state index in [1.807, 2.05) is 32.0 Å². The molecule has 112 valence electrons. The van der Waals surface area contributed by atoms with Crippen LogP contribution in [0.4, 0.5) is 5.13 Å². The van der Waals surface area contributed by atoms with Crippen LogP contribution in [-0.4, -0.2) is 22.1 Å². The van der Waals surface area contributed by atoms with Crippen LogP contribution in [0, 0.1) is 12.8 Å². The molecule has 1 amide bonds. The van der Waals surface area contributed by atoms with E-state index in [0.29, 0.717) is 5.13 Å². The van der Waals surface area contributed by atoms with Crippen molar-refractivity contribution in [2.45, 2.75) is 33.2 Å². The molecule has 0 spiro atoms. The van der Waals surface area contributed by atoms with Gasteiger partial charge in [0, 0.05) is 11.5 Å². The minimum absolute atomic E-state index is 0.101. The number of nitrogens with one attached hydrogen (secondary N) is 1. The number of anilines is 1. The summed E-state index contributed by atoms with van der Waals surface area (Å²) in [4.78, 5) is 12.1. The van der Waals surface area contributed by atoms with Crippen LogP contribution in [0.2, 0.25) is 0 Å². The zero-order valence-corrected chi connectivity index (χ0v) is 13.4. The molecule has 2 aromatic rings. The summed E-state index contributed by atoms with van der Waals surface area (Å²) in [5, 5.41) is 12.3. The van der Waals surface area contributed by atoms with E-state index >= 15 is 0 Å². The molecule has 0 aliphatic heterocycles. The van der Waals surface area contributed by atoms with Crippen molar-refractivity contribution in [2.75, 3.05) is 5.32 Å². The molecule has 5 nitrogen and oxygen atoms in total. The van der Waals surface area contributed by atoms with Crippen LogP contribution in [0.5, 0.6) is 0 Å². The summed E-state index contributed by atoms with van der Waals surface area (Å²) in [5.41, 5.74) is 6.11. The standard InChI is InChI=1S/C15H20N4OS/c1-4-10(3)12(16)13(20)17-15-19-18-14(21-15)11-7-5-6-9(2)8-11/h5-8,10,12H,4,16H2,1-3H3,(H,17,19,20)/p+1/t10-,12+/m1/s1. The van der Waals surface area contributed by atoms with Gasteiger partial charge in [0.2, 0.25) is 5.13 Å². The summed E-state index contributed by atoms with van der Waals surface area (Å²) in [5.74, 6) is 0.144. The van der Waals surface area contributed by atoms with Gasteiger partial charge in [0.15, 0.2) is 6.04 Å². The average Bonchev–Trinajstić information content (AvgIpc) is 2.94. The van der Waals surface area contributed by atoms with E-state index in [9.17, 15) is 4.79 Å². The summed E-state index contributed by atoms with van der Waals surface area (Å²) in [6, 6.07) is 7.78. The predicted molar refractivity (Wildman–Crippen MR) is 84.8 cm³/mol. The first-order valence-electron chi connectivity index (χ1n) is 7.05. The van der Waals surface area contributed by atoms with Gasteiger partial charge in [-0.2, -0.15) is 0 Å². The molecular formula is C15H21N4OS+. The first-order valence-corrected chi connectivity index (χ1v) is 7.87. The van der Waals surface area contributed by atoms with Crippen molar-refractivity contribution < 1.29 is 10.5 Å². The fourth-order valence-corrected chi connectivity index (χ4v) is 2.65. The van der Waals surface area contributed by atoms with E-state index in [2.05, 4.69) is 34.2 Å². The molecule has 6 heteroatoms. The normalized spacial score (nSPS) is 13.7. The lowest BCUT2D eigenvalue weighted by atomic mass is 10.00. The fraction of sp³-hybridized carbons (Fsp3) is 0.400. The quantitative estimate of drug-likeness (QED) is 0.887. The number of hydrogen-bond acceptors (Lipinski definition) is 4. The van der Waals surface area contributed by atoms with Gasteiger partial charge in [-0.3, -0.25) is 10.1 Å². The molecule has 0 saturated heterocycles. The van der Waals surface area contributed by atoms with Gasteiger partial charge < -0.3 is 5.73 Å². The van der Waals surface area contributed by atoms with Crippen molar-refractivity contribution in [1.29, 1.82) is 0 Å². The topological polar surface area (TPSA) is 82.5 Å². The Morgan fingerprint density at radius 3 is 2.86 bits per heavy atom. The Morgan fingerprint density at radius 1 is 1.43 bits per heavy atom. The van der Waals surface area contributed by atoms with Crippen molar-refractivity contribution in [3.05, 3.63) is 29.8 Å². The first-order chi connectivity index (χ1) is 10.0. The van der Waals surface area contributed by atoms with Crippen LogP contribution in [0.1, 0.15) is 25.8 Å². The van der Waals surface area contributed by atoms with Crippen molar-refractivity contribution >= 4 is 22.4 Å². The Balaban J connectivity index is 2.08. The van der Waals surface area contributed by atoms with Crippen molar-refractivity contribution in [2.24, 2.45) is 5.92 Å². The molecule has 0 aliphatic carbocycles. The fourth-order valence-electron chi connectivity index (χ4n) is 1.91. The molecule has 1 aromatic heterocycles. The van der Waals surface area contributed by atoms with Crippen LogP contribution in [0.25, 0.3) is 10.6 Å². The van der Waals surface area contributed by atoms with E-state index in [4.69, 9.17) is 0 Å². The number of quaternary nitrogens is 1. The van der Waals surface area contributed by atoms with Gasteiger partial charge in [-0.1, -0.05) is 48.9 Å². The number of amides is 1. The highest BCUT2D eigenvalue weighted by atomic mass is 32.1. The molecule has 0 unspecified atom stereocenters. The first kappa shape index (κ1) is 15.6. The van der Waals surface area contributed by atoms with Crippen molar-refractivity contribution in [1.82, 2.24) is 10.2 Å². The SMILES string of the molecule is CC[C@@H](C)[C@H]([NH3+])C(=O)Nc1nnc(-c2cccc(C)c2)s1. The number of aromatic nitrogens is 2. The molecule has 0 bridgehead atoms. The van der Waals surface area contributed by atoms with E-state index in [1.165, 1.54) is 16.9 Å². The Morgan fingerprint density at radius 2 is 2.19 bits per heavy atom. The minimum atomic E-state index is -0.277. The molecule has 0 radical (unpaired) electrons. The summed E-state index contributed by atoms with van der Waals surface area (Å²) < 4.78 is 0. The lowest BCUT2D eigenvalue weighted by Crippen LogP contribution is -2.69.